The van der Waals surface area contributed by atoms with Crippen LogP contribution in [0.3, 0.4) is 0 Å². The molecule has 0 fully saturated rings. The molecule has 1 unspecified atom stereocenters. The van der Waals surface area contributed by atoms with Gasteiger partial charge in [-0.3, -0.25) is 0 Å². The Morgan fingerprint density at radius 3 is 2.59 bits per heavy atom. The molecule has 1 heterocycles. The molecular weight excluding hydrogens is 385 g/mol. The molecule has 0 aliphatic carbocycles. The number of hydrogen-bond donors (Lipinski definition) is 0. The van der Waals surface area contributed by atoms with Gasteiger partial charge < -0.3 is 9.30 Å². The Balaban J connectivity index is 1.66. The number of aryl methyl sites for hydroxylation is 1. The highest BCUT2D eigenvalue weighted by Crippen LogP contribution is 2.28. The van der Waals surface area contributed by atoms with Gasteiger partial charge in [-0.2, -0.15) is 0 Å². The molecule has 0 N–H and O–H groups in total. The van der Waals surface area contributed by atoms with Crippen LogP contribution in [0.2, 0.25) is 5.02 Å². The van der Waals surface area contributed by atoms with Crippen molar-refractivity contribution in [2.24, 2.45) is 7.05 Å². The molecule has 7 heteroatoms. The van der Waals surface area contributed by atoms with Gasteiger partial charge in [-0.05, 0) is 48.7 Å². The number of nitrogens with zero attached hydrogens (tertiary/aromatic N) is 3. The molecule has 27 heavy (non-hydrogen) atoms. The highest BCUT2D eigenvalue weighted by Gasteiger charge is 2.17. The second kappa shape index (κ2) is 8.76. The molecule has 0 aliphatic rings. The van der Waals surface area contributed by atoms with Gasteiger partial charge in [-0.1, -0.05) is 48.5 Å². The van der Waals surface area contributed by atoms with Crippen LogP contribution >= 0.6 is 23.4 Å². The van der Waals surface area contributed by atoms with E-state index in [2.05, 4.69) is 29.3 Å². The van der Waals surface area contributed by atoms with Crippen molar-refractivity contribution in [2.75, 3.05) is 0 Å². The van der Waals surface area contributed by atoms with Crippen LogP contribution in [0, 0.1) is 5.82 Å². The summed E-state index contributed by atoms with van der Waals surface area (Å²) < 4.78 is 21.1. The molecular formula is C20H21ClFN3OS. The second-order valence-corrected chi connectivity index (χ2v) is 7.53. The Labute approximate surface area is 167 Å². The lowest BCUT2D eigenvalue weighted by Gasteiger charge is -2.14. The van der Waals surface area contributed by atoms with Gasteiger partial charge >= 0.3 is 0 Å². The molecule has 0 saturated heterocycles. The van der Waals surface area contributed by atoms with Crippen molar-refractivity contribution in [3.63, 3.8) is 0 Å². The van der Waals surface area contributed by atoms with Crippen molar-refractivity contribution in [1.82, 2.24) is 14.8 Å². The van der Waals surface area contributed by atoms with E-state index in [-0.39, 0.29) is 11.9 Å². The summed E-state index contributed by atoms with van der Waals surface area (Å²) in [6.45, 7) is 4.07. The van der Waals surface area contributed by atoms with E-state index in [1.54, 1.807) is 6.07 Å². The lowest BCUT2D eigenvalue weighted by atomic mass is 10.2. The SMILES string of the molecule is CCc1ccc(OC(C)c2nnc(SCc3ccc(F)cc3Cl)n2C)cc1. The minimum absolute atomic E-state index is 0.237. The molecule has 1 aromatic heterocycles. The average Bonchev–Trinajstić information content (AvgIpc) is 3.02. The predicted octanol–water partition coefficient (Wildman–Crippen LogP) is 5.60. The second-order valence-electron chi connectivity index (χ2n) is 6.18. The monoisotopic (exact) mass is 405 g/mol. The van der Waals surface area contributed by atoms with Crippen LogP contribution in [-0.2, 0) is 19.2 Å². The summed E-state index contributed by atoms with van der Waals surface area (Å²) in [6, 6.07) is 12.5. The molecule has 4 nitrogen and oxygen atoms in total. The predicted molar refractivity (Wildman–Crippen MR) is 107 cm³/mol. The van der Waals surface area contributed by atoms with Gasteiger partial charge in [0.1, 0.15) is 11.6 Å². The zero-order valence-corrected chi connectivity index (χ0v) is 17.0. The van der Waals surface area contributed by atoms with Crippen molar-refractivity contribution in [3.05, 3.63) is 70.3 Å². The molecule has 0 aliphatic heterocycles. The molecule has 0 amide bonds. The van der Waals surface area contributed by atoms with Crippen molar-refractivity contribution in [1.29, 1.82) is 0 Å². The van der Waals surface area contributed by atoms with Crippen molar-refractivity contribution < 1.29 is 9.13 Å². The van der Waals surface area contributed by atoms with Crippen LogP contribution in [0.5, 0.6) is 5.75 Å². The minimum Gasteiger partial charge on any atom is -0.483 e. The first-order valence-electron chi connectivity index (χ1n) is 8.69. The Morgan fingerprint density at radius 2 is 1.93 bits per heavy atom. The minimum atomic E-state index is -0.340. The Kier molecular flexibility index (Phi) is 6.39. The molecule has 3 aromatic rings. The maximum Gasteiger partial charge on any atom is 0.191 e. The standard InChI is InChI=1S/C20H21ClFN3OS/c1-4-14-5-9-17(10-6-14)26-13(2)19-23-24-20(25(19)3)27-12-15-7-8-16(22)11-18(15)21/h5-11,13H,4,12H2,1-3H3. The van der Waals surface area contributed by atoms with E-state index in [4.69, 9.17) is 16.3 Å². The molecule has 0 spiro atoms. The summed E-state index contributed by atoms with van der Waals surface area (Å²) in [4.78, 5) is 0. The van der Waals surface area contributed by atoms with Gasteiger partial charge in [0, 0.05) is 17.8 Å². The van der Waals surface area contributed by atoms with Gasteiger partial charge in [-0.25, -0.2) is 4.39 Å². The number of hydrogen-bond acceptors (Lipinski definition) is 4. The van der Waals surface area contributed by atoms with Crippen molar-refractivity contribution >= 4 is 23.4 Å². The first kappa shape index (κ1) is 19.7. The van der Waals surface area contributed by atoms with Gasteiger partial charge in [0.15, 0.2) is 17.1 Å². The largest absolute Gasteiger partial charge is 0.483 e. The van der Waals surface area contributed by atoms with Crippen molar-refractivity contribution in [2.45, 2.75) is 37.3 Å². The van der Waals surface area contributed by atoms with E-state index in [0.717, 1.165) is 28.7 Å². The summed E-state index contributed by atoms with van der Waals surface area (Å²) in [6.07, 6.45) is 0.761. The number of aromatic nitrogens is 3. The highest BCUT2D eigenvalue weighted by atomic mass is 35.5. The summed E-state index contributed by atoms with van der Waals surface area (Å²) in [5.41, 5.74) is 2.12. The first-order chi connectivity index (χ1) is 13.0. The summed E-state index contributed by atoms with van der Waals surface area (Å²) in [7, 11) is 1.91. The third-order valence-corrected chi connectivity index (χ3v) is 5.67. The van der Waals surface area contributed by atoms with Crippen LogP contribution in [0.4, 0.5) is 4.39 Å². The van der Waals surface area contributed by atoms with E-state index >= 15 is 0 Å². The number of thioether (sulfide) groups is 1. The van der Waals surface area contributed by atoms with E-state index in [1.807, 2.05) is 30.7 Å². The fraction of sp³-hybridized carbons (Fsp3) is 0.300. The fourth-order valence-corrected chi connectivity index (χ4v) is 3.88. The number of rotatable bonds is 7. The van der Waals surface area contributed by atoms with Crippen LogP contribution in [0.25, 0.3) is 0 Å². The normalized spacial score (nSPS) is 12.2. The lowest BCUT2D eigenvalue weighted by molar-refractivity contribution is 0.211. The number of halogens is 2. The van der Waals surface area contributed by atoms with E-state index in [9.17, 15) is 4.39 Å². The molecule has 1 atom stereocenters. The number of ether oxygens (including phenoxy) is 1. The Hall–Kier alpha value is -2.05. The number of benzene rings is 2. The summed E-state index contributed by atoms with van der Waals surface area (Å²) in [5.74, 6) is 1.78. The maximum atomic E-state index is 13.2. The van der Waals surface area contributed by atoms with E-state index in [1.165, 1.54) is 29.5 Å². The molecule has 2 aromatic carbocycles. The maximum absolute atomic E-state index is 13.2. The highest BCUT2D eigenvalue weighted by molar-refractivity contribution is 7.98. The third kappa shape index (κ3) is 4.82. The van der Waals surface area contributed by atoms with Gasteiger partial charge in [0.05, 0.1) is 0 Å². The molecule has 0 radical (unpaired) electrons. The fourth-order valence-electron chi connectivity index (χ4n) is 2.65. The molecule has 142 valence electrons. The van der Waals surface area contributed by atoms with E-state index < -0.39 is 0 Å². The smallest absolute Gasteiger partial charge is 0.191 e. The average molecular weight is 406 g/mol. The molecule has 0 saturated carbocycles. The van der Waals surface area contributed by atoms with Crippen molar-refractivity contribution in [3.8, 4) is 5.75 Å². The van der Waals surface area contributed by atoms with E-state index in [0.29, 0.717) is 10.8 Å². The topological polar surface area (TPSA) is 39.9 Å². The van der Waals surface area contributed by atoms with Crippen LogP contribution < -0.4 is 4.74 Å². The van der Waals surface area contributed by atoms with Crippen LogP contribution in [-0.4, -0.2) is 14.8 Å². The molecule has 0 bridgehead atoms. The third-order valence-electron chi connectivity index (χ3n) is 4.25. The zero-order chi connectivity index (χ0) is 19.4. The molecule has 3 rings (SSSR count). The Morgan fingerprint density at radius 1 is 1.19 bits per heavy atom. The lowest BCUT2D eigenvalue weighted by Crippen LogP contribution is -2.10. The van der Waals surface area contributed by atoms with Gasteiger partial charge in [-0.15, -0.1) is 10.2 Å². The van der Waals surface area contributed by atoms with Crippen LogP contribution in [0.15, 0.2) is 47.6 Å². The first-order valence-corrected chi connectivity index (χ1v) is 10.1. The Bertz CT molecular complexity index is 914. The summed E-state index contributed by atoms with van der Waals surface area (Å²) in [5, 5.41) is 9.68. The van der Waals surface area contributed by atoms with Gasteiger partial charge in [0.2, 0.25) is 0 Å². The quantitative estimate of drug-likeness (QED) is 0.479. The zero-order valence-electron chi connectivity index (χ0n) is 15.4. The van der Waals surface area contributed by atoms with Gasteiger partial charge in [0.25, 0.3) is 0 Å². The summed E-state index contributed by atoms with van der Waals surface area (Å²) >= 11 is 7.58. The van der Waals surface area contributed by atoms with Crippen LogP contribution in [0.1, 0.15) is 36.9 Å².